The molecule has 0 aromatic carbocycles. The van der Waals surface area contributed by atoms with Crippen LogP contribution in [0.3, 0.4) is 0 Å². The topological polar surface area (TPSA) is 38.9 Å². The summed E-state index contributed by atoms with van der Waals surface area (Å²) in [6, 6.07) is 4.43. The summed E-state index contributed by atoms with van der Waals surface area (Å²) >= 11 is 0. The van der Waals surface area contributed by atoms with Gasteiger partial charge < -0.3 is 5.73 Å². The highest BCUT2D eigenvalue weighted by Crippen LogP contribution is 2.12. The average Bonchev–Trinajstić information content (AvgIpc) is 2.27. The van der Waals surface area contributed by atoms with Gasteiger partial charge in [0.2, 0.25) is 0 Å². The first-order valence-corrected chi connectivity index (χ1v) is 5.86. The fourth-order valence-electron chi connectivity index (χ4n) is 1.70. The first-order chi connectivity index (χ1) is 7.22. The van der Waals surface area contributed by atoms with Gasteiger partial charge in [-0.05, 0) is 36.8 Å². The van der Waals surface area contributed by atoms with Crippen LogP contribution in [0.25, 0.3) is 0 Å². The van der Waals surface area contributed by atoms with Crippen LogP contribution in [0.2, 0.25) is 0 Å². The minimum absolute atomic E-state index is 0.333. The highest BCUT2D eigenvalue weighted by atomic mass is 14.6. The molecule has 2 N–H and O–H groups in total. The van der Waals surface area contributed by atoms with Crippen molar-refractivity contribution in [2.45, 2.75) is 45.6 Å². The molecular formula is C13H22N2. The number of pyridine rings is 1. The molecule has 1 aromatic rings. The van der Waals surface area contributed by atoms with E-state index in [4.69, 9.17) is 5.73 Å². The Morgan fingerprint density at radius 1 is 1.47 bits per heavy atom. The number of aryl methyl sites for hydroxylation is 1. The molecule has 1 aromatic heterocycles. The van der Waals surface area contributed by atoms with Crippen LogP contribution < -0.4 is 5.73 Å². The molecule has 0 saturated carbocycles. The Kier molecular flexibility index (Phi) is 5.33. The maximum atomic E-state index is 6.08. The summed E-state index contributed by atoms with van der Waals surface area (Å²) < 4.78 is 0. The van der Waals surface area contributed by atoms with Crippen molar-refractivity contribution in [3.8, 4) is 0 Å². The van der Waals surface area contributed by atoms with Crippen LogP contribution in [0, 0.1) is 5.92 Å². The average molecular weight is 206 g/mol. The van der Waals surface area contributed by atoms with Crippen molar-refractivity contribution in [2.75, 3.05) is 0 Å². The van der Waals surface area contributed by atoms with Crippen molar-refractivity contribution in [1.82, 2.24) is 4.98 Å². The van der Waals surface area contributed by atoms with E-state index in [1.807, 2.05) is 18.5 Å². The molecule has 0 aliphatic rings. The number of rotatable bonds is 6. The van der Waals surface area contributed by atoms with E-state index in [0.717, 1.165) is 25.2 Å². The van der Waals surface area contributed by atoms with Crippen LogP contribution in [-0.4, -0.2) is 11.0 Å². The standard InChI is InChI=1S/C13H22N2/c1-3-11(2)9-13(14)7-6-12-5-4-8-15-10-12/h4-5,8,10-11,13H,3,6-7,9,14H2,1-2H3. The van der Waals surface area contributed by atoms with Gasteiger partial charge in [-0.1, -0.05) is 26.3 Å². The zero-order valence-electron chi connectivity index (χ0n) is 9.82. The van der Waals surface area contributed by atoms with Crippen molar-refractivity contribution in [3.63, 3.8) is 0 Å². The Morgan fingerprint density at radius 2 is 2.27 bits per heavy atom. The lowest BCUT2D eigenvalue weighted by Gasteiger charge is -2.15. The summed E-state index contributed by atoms with van der Waals surface area (Å²) in [6.07, 6.45) is 8.21. The van der Waals surface area contributed by atoms with Gasteiger partial charge in [-0.2, -0.15) is 0 Å². The summed E-state index contributed by atoms with van der Waals surface area (Å²) in [6.45, 7) is 4.49. The van der Waals surface area contributed by atoms with E-state index in [0.29, 0.717) is 6.04 Å². The third kappa shape index (κ3) is 4.93. The normalized spacial score (nSPS) is 14.9. The smallest absolute Gasteiger partial charge is 0.0299 e. The van der Waals surface area contributed by atoms with E-state index in [9.17, 15) is 0 Å². The minimum atomic E-state index is 0.333. The van der Waals surface area contributed by atoms with Gasteiger partial charge in [0.25, 0.3) is 0 Å². The van der Waals surface area contributed by atoms with Gasteiger partial charge in [-0.15, -0.1) is 0 Å². The van der Waals surface area contributed by atoms with E-state index in [1.165, 1.54) is 12.0 Å². The van der Waals surface area contributed by atoms with Gasteiger partial charge in [0.05, 0.1) is 0 Å². The molecule has 2 nitrogen and oxygen atoms in total. The predicted octanol–water partition coefficient (Wildman–Crippen LogP) is 2.78. The van der Waals surface area contributed by atoms with E-state index in [-0.39, 0.29) is 0 Å². The second-order valence-electron chi connectivity index (χ2n) is 4.41. The Morgan fingerprint density at radius 3 is 2.87 bits per heavy atom. The molecule has 2 unspecified atom stereocenters. The summed E-state index contributed by atoms with van der Waals surface area (Å²) in [7, 11) is 0. The van der Waals surface area contributed by atoms with Crippen molar-refractivity contribution in [1.29, 1.82) is 0 Å². The zero-order chi connectivity index (χ0) is 11.1. The molecule has 0 fully saturated rings. The monoisotopic (exact) mass is 206 g/mol. The number of aromatic nitrogens is 1. The molecule has 15 heavy (non-hydrogen) atoms. The molecule has 0 aliphatic carbocycles. The molecule has 1 heterocycles. The van der Waals surface area contributed by atoms with Gasteiger partial charge in [-0.25, -0.2) is 0 Å². The van der Waals surface area contributed by atoms with Crippen LogP contribution in [0.15, 0.2) is 24.5 Å². The van der Waals surface area contributed by atoms with Gasteiger partial charge >= 0.3 is 0 Å². The van der Waals surface area contributed by atoms with Crippen LogP contribution in [0.5, 0.6) is 0 Å². The fraction of sp³-hybridized carbons (Fsp3) is 0.615. The van der Waals surface area contributed by atoms with Crippen molar-refractivity contribution in [2.24, 2.45) is 11.7 Å². The van der Waals surface area contributed by atoms with Crippen LogP contribution >= 0.6 is 0 Å². The fourth-order valence-corrected chi connectivity index (χ4v) is 1.70. The first-order valence-electron chi connectivity index (χ1n) is 5.86. The molecule has 2 atom stereocenters. The van der Waals surface area contributed by atoms with E-state index in [2.05, 4.69) is 24.9 Å². The predicted molar refractivity (Wildman–Crippen MR) is 64.6 cm³/mol. The first kappa shape index (κ1) is 12.2. The lowest BCUT2D eigenvalue weighted by Crippen LogP contribution is -2.23. The molecule has 1 rings (SSSR count). The Balaban J connectivity index is 2.25. The number of nitrogens with two attached hydrogens (primary N) is 1. The van der Waals surface area contributed by atoms with Crippen molar-refractivity contribution in [3.05, 3.63) is 30.1 Å². The van der Waals surface area contributed by atoms with E-state index >= 15 is 0 Å². The van der Waals surface area contributed by atoms with Gasteiger partial charge in [0.1, 0.15) is 0 Å². The summed E-state index contributed by atoms with van der Waals surface area (Å²) in [4.78, 5) is 4.10. The van der Waals surface area contributed by atoms with E-state index in [1.54, 1.807) is 0 Å². The molecular weight excluding hydrogens is 184 g/mol. The molecule has 84 valence electrons. The summed E-state index contributed by atoms with van der Waals surface area (Å²) in [5.74, 6) is 0.744. The van der Waals surface area contributed by atoms with Gasteiger partial charge in [0, 0.05) is 18.4 Å². The lowest BCUT2D eigenvalue weighted by atomic mass is 9.96. The SMILES string of the molecule is CCC(C)CC(N)CCc1cccnc1. The minimum Gasteiger partial charge on any atom is -0.328 e. The Labute approximate surface area is 92.9 Å². The number of hydrogen-bond donors (Lipinski definition) is 1. The van der Waals surface area contributed by atoms with Crippen molar-refractivity contribution < 1.29 is 0 Å². The zero-order valence-corrected chi connectivity index (χ0v) is 9.82. The highest BCUT2D eigenvalue weighted by Gasteiger charge is 2.07. The van der Waals surface area contributed by atoms with Crippen LogP contribution in [0.1, 0.15) is 38.7 Å². The molecule has 0 bridgehead atoms. The molecule has 0 amide bonds. The Hall–Kier alpha value is -0.890. The Bertz CT molecular complexity index is 258. The molecule has 0 saturated heterocycles. The third-order valence-electron chi connectivity index (χ3n) is 2.93. The maximum absolute atomic E-state index is 6.08. The van der Waals surface area contributed by atoms with Crippen LogP contribution in [0.4, 0.5) is 0 Å². The lowest BCUT2D eigenvalue weighted by molar-refractivity contribution is 0.436. The molecule has 2 heteroatoms. The summed E-state index contributed by atoms with van der Waals surface area (Å²) in [5, 5.41) is 0. The number of nitrogens with zero attached hydrogens (tertiary/aromatic N) is 1. The van der Waals surface area contributed by atoms with Crippen molar-refractivity contribution >= 4 is 0 Å². The van der Waals surface area contributed by atoms with E-state index < -0.39 is 0 Å². The quantitative estimate of drug-likeness (QED) is 0.777. The number of hydrogen-bond acceptors (Lipinski definition) is 2. The van der Waals surface area contributed by atoms with Crippen LogP contribution in [-0.2, 0) is 6.42 Å². The second-order valence-corrected chi connectivity index (χ2v) is 4.41. The third-order valence-corrected chi connectivity index (χ3v) is 2.93. The maximum Gasteiger partial charge on any atom is 0.0299 e. The van der Waals surface area contributed by atoms with Gasteiger partial charge in [0.15, 0.2) is 0 Å². The van der Waals surface area contributed by atoms with Gasteiger partial charge in [-0.3, -0.25) is 4.98 Å². The molecule has 0 radical (unpaired) electrons. The second kappa shape index (κ2) is 6.57. The highest BCUT2D eigenvalue weighted by molar-refractivity contribution is 5.08. The summed E-state index contributed by atoms with van der Waals surface area (Å²) in [5.41, 5.74) is 7.37. The molecule has 0 aliphatic heterocycles. The largest absolute Gasteiger partial charge is 0.328 e. The molecule has 0 spiro atoms.